The van der Waals surface area contributed by atoms with Crippen LogP contribution in [0.1, 0.15) is 60.0 Å². The second-order valence-electron chi connectivity index (χ2n) is 9.23. The highest BCUT2D eigenvalue weighted by molar-refractivity contribution is 6.05. The van der Waals surface area contributed by atoms with E-state index in [-0.39, 0.29) is 35.8 Å². The maximum atomic E-state index is 12.8. The average Bonchev–Trinajstić information content (AvgIpc) is 3.29. The Balaban J connectivity index is 1.15. The summed E-state index contributed by atoms with van der Waals surface area (Å²) in [5.41, 5.74) is 2.80. The second-order valence-corrected chi connectivity index (χ2v) is 9.23. The molecule has 2 atom stereocenters. The van der Waals surface area contributed by atoms with E-state index in [1.54, 1.807) is 4.90 Å². The molecule has 0 saturated carbocycles. The number of piperidine rings is 2. The van der Waals surface area contributed by atoms with E-state index in [0.29, 0.717) is 25.1 Å². The Morgan fingerprint density at radius 3 is 2.77 bits per heavy atom. The number of amides is 3. The Hall–Kier alpha value is -2.29. The molecule has 0 radical (unpaired) electrons. The third-order valence-corrected chi connectivity index (χ3v) is 7.14. The van der Waals surface area contributed by atoms with Crippen LogP contribution in [0.2, 0.25) is 0 Å². The van der Waals surface area contributed by atoms with Crippen molar-refractivity contribution in [2.75, 3.05) is 19.6 Å². The quantitative estimate of drug-likeness (QED) is 0.604. The van der Waals surface area contributed by atoms with Crippen LogP contribution in [0.15, 0.2) is 18.2 Å². The van der Waals surface area contributed by atoms with E-state index in [0.717, 1.165) is 56.4 Å². The van der Waals surface area contributed by atoms with Gasteiger partial charge in [0.05, 0.1) is 11.7 Å². The standard InChI is InChI=1S/C23H30N4O4/c28-20-4-3-19(21(29)26-20)27-14-16-11-15(1-2-18(16)22(27)30)12-25-13-17-5-6-23(31-17)7-9-24-10-8-23/h1-2,11,17,19,24-25H,3-10,12-14H2,(H,26,28,29). The summed E-state index contributed by atoms with van der Waals surface area (Å²) < 4.78 is 6.40. The van der Waals surface area contributed by atoms with Crippen LogP contribution in [0, 0.1) is 0 Å². The van der Waals surface area contributed by atoms with Gasteiger partial charge in [-0.15, -0.1) is 0 Å². The number of benzene rings is 1. The van der Waals surface area contributed by atoms with Gasteiger partial charge in [-0.05, 0) is 62.4 Å². The number of nitrogens with one attached hydrogen (secondary N) is 3. The highest BCUT2D eigenvalue weighted by Gasteiger charge is 2.41. The number of rotatable bonds is 5. The fourth-order valence-corrected chi connectivity index (χ4v) is 5.40. The fraction of sp³-hybridized carbons (Fsp3) is 0.609. The number of carbonyl (C=O) groups excluding carboxylic acids is 3. The third-order valence-electron chi connectivity index (χ3n) is 7.14. The second kappa shape index (κ2) is 8.33. The van der Waals surface area contributed by atoms with Gasteiger partial charge in [0.1, 0.15) is 6.04 Å². The van der Waals surface area contributed by atoms with E-state index in [1.807, 2.05) is 12.1 Å². The summed E-state index contributed by atoms with van der Waals surface area (Å²) in [6.07, 6.45) is 5.38. The zero-order chi connectivity index (χ0) is 21.4. The fourth-order valence-electron chi connectivity index (χ4n) is 5.40. The molecule has 3 fully saturated rings. The molecule has 8 heteroatoms. The summed E-state index contributed by atoms with van der Waals surface area (Å²) in [6.45, 7) is 4.05. The monoisotopic (exact) mass is 426 g/mol. The van der Waals surface area contributed by atoms with Crippen LogP contribution in [-0.2, 0) is 27.4 Å². The lowest BCUT2D eigenvalue weighted by molar-refractivity contribution is -0.136. The normalized spacial score (nSPS) is 27.6. The van der Waals surface area contributed by atoms with Gasteiger partial charge in [0, 0.05) is 31.6 Å². The summed E-state index contributed by atoms with van der Waals surface area (Å²) in [5.74, 6) is -0.769. The number of carbonyl (C=O) groups is 3. The maximum Gasteiger partial charge on any atom is 0.255 e. The Bertz CT molecular complexity index is 896. The SMILES string of the molecule is O=C1CCC(N2Cc3cc(CNCC4CCC5(CCNCC5)O4)ccc3C2=O)C(=O)N1. The Morgan fingerprint density at radius 2 is 1.97 bits per heavy atom. The molecule has 31 heavy (non-hydrogen) atoms. The number of imide groups is 1. The van der Waals surface area contributed by atoms with Gasteiger partial charge in [-0.2, -0.15) is 0 Å². The number of nitrogens with zero attached hydrogens (tertiary/aromatic N) is 1. The number of fused-ring (bicyclic) bond motifs is 1. The molecule has 0 aromatic heterocycles. The van der Waals surface area contributed by atoms with E-state index in [1.165, 1.54) is 0 Å². The molecule has 1 aromatic rings. The highest BCUT2D eigenvalue weighted by atomic mass is 16.5. The first-order valence-electron chi connectivity index (χ1n) is 11.4. The van der Waals surface area contributed by atoms with Crippen molar-refractivity contribution in [2.45, 2.75) is 69.4 Å². The van der Waals surface area contributed by atoms with E-state index in [4.69, 9.17) is 4.74 Å². The summed E-state index contributed by atoms with van der Waals surface area (Å²) in [5, 5.41) is 9.26. The minimum atomic E-state index is -0.569. The molecule has 3 N–H and O–H groups in total. The number of hydrogen-bond donors (Lipinski definition) is 3. The number of ether oxygens (including phenoxy) is 1. The van der Waals surface area contributed by atoms with Crippen molar-refractivity contribution in [1.82, 2.24) is 20.9 Å². The molecule has 4 heterocycles. The first-order chi connectivity index (χ1) is 15.0. The van der Waals surface area contributed by atoms with Gasteiger partial charge in [-0.3, -0.25) is 19.7 Å². The van der Waals surface area contributed by atoms with Crippen molar-refractivity contribution in [3.63, 3.8) is 0 Å². The summed E-state index contributed by atoms with van der Waals surface area (Å²) in [4.78, 5) is 38.0. The first kappa shape index (κ1) is 20.6. The van der Waals surface area contributed by atoms with E-state index < -0.39 is 6.04 Å². The molecule has 8 nitrogen and oxygen atoms in total. The zero-order valence-corrected chi connectivity index (χ0v) is 17.7. The molecular weight excluding hydrogens is 396 g/mol. The van der Waals surface area contributed by atoms with Crippen molar-refractivity contribution >= 4 is 17.7 Å². The maximum absolute atomic E-state index is 12.8. The van der Waals surface area contributed by atoms with Gasteiger partial charge < -0.3 is 20.3 Å². The first-order valence-corrected chi connectivity index (χ1v) is 11.4. The molecule has 0 bridgehead atoms. The van der Waals surface area contributed by atoms with Crippen LogP contribution in [0.25, 0.3) is 0 Å². The minimum Gasteiger partial charge on any atom is -0.370 e. The topological polar surface area (TPSA) is 99.8 Å². The largest absolute Gasteiger partial charge is 0.370 e. The molecule has 2 unspecified atom stereocenters. The van der Waals surface area contributed by atoms with Crippen molar-refractivity contribution in [2.24, 2.45) is 0 Å². The third kappa shape index (κ3) is 4.12. The molecule has 166 valence electrons. The molecule has 1 spiro atoms. The Morgan fingerprint density at radius 1 is 1.13 bits per heavy atom. The van der Waals surface area contributed by atoms with Gasteiger partial charge in [-0.1, -0.05) is 12.1 Å². The molecule has 4 aliphatic rings. The van der Waals surface area contributed by atoms with Crippen LogP contribution in [0.4, 0.5) is 0 Å². The van der Waals surface area contributed by atoms with Crippen LogP contribution >= 0.6 is 0 Å². The molecule has 0 aliphatic carbocycles. The van der Waals surface area contributed by atoms with Crippen molar-refractivity contribution in [3.05, 3.63) is 34.9 Å². The van der Waals surface area contributed by atoms with Gasteiger partial charge in [-0.25, -0.2) is 0 Å². The lowest BCUT2D eigenvalue weighted by Crippen LogP contribution is -2.52. The molecular formula is C23H30N4O4. The smallest absolute Gasteiger partial charge is 0.255 e. The van der Waals surface area contributed by atoms with Crippen molar-refractivity contribution < 1.29 is 19.1 Å². The predicted octanol–water partition coefficient (Wildman–Crippen LogP) is 0.838. The molecule has 3 saturated heterocycles. The summed E-state index contributed by atoms with van der Waals surface area (Å²) in [6, 6.07) is 5.31. The summed E-state index contributed by atoms with van der Waals surface area (Å²) >= 11 is 0. The van der Waals surface area contributed by atoms with Gasteiger partial charge >= 0.3 is 0 Å². The van der Waals surface area contributed by atoms with Crippen LogP contribution in [0.5, 0.6) is 0 Å². The molecule has 4 aliphatic heterocycles. The lowest BCUT2D eigenvalue weighted by Gasteiger charge is -2.33. The Labute approximate surface area is 182 Å². The lowest BCUT2D eigenvalue weighted by atomic mass is 9.89. The predicted molar refractivity (Wildman–Crippen MR) is 113 cm³/mol. The van der Waals surface area contributed by atoms with E-state index >= 15 is 0 Å². The average molecular weight is 427 g/mol. The number of hydrogen-bond acceptors (Lipinski definition) is 6. The summed E-state index contributed by atoms with van der Waals surface area (Å²) in [7, 11) is 0. The van der Waals surface area contributed by atoms with Gasteiger partial charge in [0.25, 0.3) is 5.91 Å². The van der Waals surface area contributed by atoms with Gasteiger partial charge in [0.2, 0.25) is 11.8 Å². The molecule has 1 aromatic carbocycles. The minimum absolute atomic E-state index is 0.0883. The molecule has 5 rings (SSSR count). The van der Waals surface area contributed by atoms with E-state index in [9.17, 15) is 14.4 Å². The zero-order valence-electron chi connectivity index (χ0n) is 17.7. The van der Waals surface area contributed by atoms with Crippen molar-refractivity contribution in [3.8, 4) is 0 Å². The van der Waals surface area contributed by atoms with Gasteiger partial charge in [0.15, 0.2) is 0 Å². The van der Waals surface area contributed by atoms with Crippen LogP contribution < -0.4 is 16.0 Å². The van der Waals surface area contributed by atoms with Crippen molar-refractivity contribution in [1.29, 1.82) is 0 Å². The van der Waals surface area contributed by atoms with E-state index in [2.05, 4.69) is 22.0 Å². The Kier molecular flexibility index (Phi) is 5.54. The van der Waals surface area contributed by atoms with Crippen LogP contribution in [-0.4, -0.2) is 60.0 Å². The van der Waals surface area contributed by atoms with Crippen LogP contribution in [0.3, 0.4) is 0 Å². The molecule has 3 amide bonds. The highest BCUT2D eigenvalue weighted by Crippen LogP contribution is 2.37.